The minimum Gasteiger partial charge on any atom is -0.457 e. The van der Waals surface area contributed by atoms with E-state index in [9.17, 15) is 32.7 Å². The SMILES string of the molecule is O=C1NC(=O)C(c2ccc(Oc3ccc(OC(F)(F)F)cc3)cc2)(N2CCCC3(CCCN3CCO)C2)C(=O)N1. The van der Waals surface area contributed by atoms with Crippen molar-refractivity contribution in [1.82, 2.24) is 20.4 Å². The number of carbonyl (C=O) groups is 3. The zero-order chi connectivity index (χ0) is 28.5. The lowest BCUT2D eigenvalue weighted by atomic mass is 9.78. The first-order valence-corrected chi connectivity index (χ1v) is 13.0. The van der Waals surface area contributed by atoms with Crippen LogP contribution in [0.25, 0.3) is 0 Å². The van der Waals surface area contributed by atoms with Gasteiger partial charge in [0.1, 0.15) is 17.2 Å². The number of aliphatic hydroxyl groups is 1. The fourth-order valence-corrected chi connectivity index (χ4v) is 6.19. The highest BCUT2D eigenvalue weighted by molar-refractivity contribution is 6.22. The lowest BCUT2D eigenvalue weighted by Gasteiger charge is -2.52. The van der Waals surface area contributed by atoms with Gasteiger partial charge in [-0.15, -0.1) is 13.2 Å². The van der Waals surface area contributed by atoms with Crippen molar-refractivity contribution in [3.8, 4) is 17.2 Å². The quantitative estimate of drug-likeness (QED) is 0.441. The van der Waals surface area contributed by atoms with E-state index in [1.54, 1.807) is 24.3 Å². The molecule has 2 aromatic carbocycles. The van der Waals surface area contributed by atoms with Crippen molar-refractivity contribution < 1.29 is 42.1 Å². The smallest absolute Gasteiger partial charge is 0.457 e. The molecule has 13 heteroatoms. The number of urea groups is 1. The summed E-state index contributed by atoms with van der Waals surface area (Å²) in [6.07, 6.45) is -1.43. The highest BCUT2D eigenvalue weighted by atomic mass is 19.4. The summed E-state index contributed by atoms with van der Waals surface area (Å²) in [5, 5.41) is 14.1. The second-order valence-electron chi connectivity index (χ2n) is 10.2. The van der Waals surface area contributed by atoms with E-state index in [0.717, 1.165) is 37.9 Å². The van der Waals surface area contributed by atoms with E-state index < -0.39 is 29.7 Å². The number of aliphatic hydroxyl groups excluding tert-OH is 1. The standard InChI is InChI=1S/C27H29F3N4O6/c28-27(29,30)40-21-9-7-20(8-10-21)39-19-5-3-18(4-6-19)26(22(36)31-24(38)32-23(26)37)34-14-2-12-25(17-34)11-1-13-33(25)15-16-35/h3-10,35H,1-2,11-17H2,(H2,31,32,36,37,38). The number of rotatable bonds is 7. The second kappa shape index (κ2) is 10.7. The first-order chi connectivity index (χ1) is 19.1. The zero-order valence-electron chi connectivity index (χ0n) is 21.5. The Kier molecular flexibility index (Phi) is 7.46. The van der Waals surface area contributed by atoms with Crippen LogP contribution in [0.5, 0.6) is 17.2 Å². The summed E-state index contributed by atoms with van der Waals surface area (Å²) in [5.74, 6) is -1.33. The Balaban J connectivity index is 1.43. The van der Waals surface area contributed by atoms with Crippen LogP contribution in [-0.2, 0) is 15.1 Å². The first kappa shape index (κ1) is 27.9. The molecule has 3 aliphatic heterocycles. The maximum absolute atomic E-state index is 13.5. The van der Waals surface area contributed by atoms with Crippen LogP contribution in [-0.4, -0.2) is 77.4 Å². The maximum Gasteiger partial charge on any atom is 0.573 e. The Morgan fingerprint density at radius 2 is 1.40 bits per heavy atom. The Bertz CT molecular complexity index is 1250. The molecule has 1 spiro atoms. The number of nitrogens with one attached hydrogen (secondary N) is 2. The van der Waals surface area contributed by atoms with Crippen molar-refractivity contribution in [2.75, 3.05) is 32.8 Å². The van der Waals surface area contributed by atoms with Gasteiger partial charge in [0.15, 0.2) is 0 Å². The molecular weight excluding hydrogens is 533 g/mol. The van der Waals surface area contributed by atoms with Gasteiger partial charge in [-0.3, -0.25) is 30.0 Å². The van der Waals surface area contributed by atoms with Gasteiger partial charge >= 0.3 is 12.4 Å². The van der Waals surface area contributed by atoms with E-state index in [2.05, 4.69) is 20.3 Å². The number of hydrogen-bond donors (Lipinski definition) is 3. The van der Waals surface area contributed by atoms with Gasteiger partial charge in [-0.05, 0) is 74.2 Å². The monoisotopic (exact) mass is 562 g/mol. The molecule has 214 valence electrons. The largest absolute Gasteiger partial charge is 0.573 e. The number of hydrogen-bond acceptors (Lipinski definition) is 8. The summed E-state index contributed by atoms with van der Waals surface area (Å²) < 4.78 is 46.9. The number of carbonyl (C=O) groups excluding carboxylic acids is 3. The number of piperidine rings is 1. The molecule has 0 aliphatic carbocycles. The van der Waals surface area contributed by atoms with Crippen molar-refractivity contribution in [3.05, 3.63) is 54.1 Å². The van der Waals surface area contributed by atoms with Crippen molar-refractivity contribution >= 4 is 17.8 Å². The molecular formula is C27H29F3N4O6. The molecule has 4 amide bonds. The number of barbiturate groups is 1. The highest BCUT2D eigenvalue weighted by Gasteiger charge is 2.59. The van der Waals surface area contributed by atoms with Gasteiger partial charge in [0.25, 0.3) is 11.8 Å². The Morgan fingerprint density at radius 1 is 0.850 bits per heavy atom. The molecule has 5 rings (SSSR count). The molecule has 0 saturated carbocycles. The molecule has 0 bridgehead atoms. The topological polar surface area (TPSA) is 120 Å². The molecule has 2 aromatic rings. The van der Waals surface area contributed by atoms with Crippen LogP contribution in [0, 0.1) is 0 Å². The van der Waals surface area contributed by atoms with Gasteiger partial charge in [-0.1, -0.05) is 12.1 Å². The molecule has 10 nitrogen and oxygen atoms in total. The third kappa shape index (κ3) is 5.23. The van der Waals surface area contributed by atoms with Crippen molar-refractivity contribution in [2.24, 2.45) is 0 Å². The number of likely N-dealkylation sites (tertiary alicyclic amines) is 2. The maximum atomic E-state index is 13.5. The van der Waals surface area contributed by atoms with Crippen LogP contribution in [0.2, 0.25) is 0 Å². The van der Waals surface area contributed by atoms with E-state index in [-0.39, 0.29) is 23.6 Å². The predicted molar refractivity (Wildman–Crippen MR) is 134 cm³/mol. The lowest BCUT2D eigenvalue weighted by Crippen LogP contribution is -2.73. The number of alkyl halides is 3. The van der Waals surface area contributed by atoms with Crippen LogP contribution >= 0.6 is 0 Å². The number of benzene rings is 2. The molecule has 3 heterocycles. The highest BCUT2D eigenvalue weighted by Crippen LogP contribution is 2.42. The third-order valence-electron chi connectivity index (χ3n) is 7.82. The first-order valence-electron chi connectivity index (χ1n) is 13.0. The lowest BCUT2D eigenvalue weighted by molar-refractivity contribution is -0.274. The van der Waals surface area contributed by atoms with Gasteiger partial charge in [-0.25, -0.2) is 4.79 Å². The minimum atomic E-state index is -4.81. The van der Waals surface area contributed by atoms with Gasteiger partial charge in [0.2, 0.25) is 5.54 Å². The van der Waals surface area contributed by atoms with E-state index in [1.165, 1.54) is 12.1 Å². The second-order valence-corrected chi connectivity index (χ2v) is 10.2. The molecule has 3 fully saturated rings. The van der Waals surface area contributed by atoms with Crippen LogP contribution in [0.15, 0.2) is 48.5 Å². The number of nitrogens with zero attached hydrogens (tertiary/aromatic N) is 2. The molecule has 1 unspecified atom stereocenters. The van der Waals surface area contributed by atoms with Crippen molar-refractivity contribution in [3.63, 3.8) is 0 Å². The summed E-state index contributed by atoms with van der Waals surface area (Å²) in [6, 6.07) is 10.2. The Labute approximate surface area is 228 Å². The predicted octanol–water partition coefficient (Wildman–Crippen LogP) is 2.86. The number of β-amino-alcohol motifs (C(OH)–C–C–N with tert-alkyl or cyclic N) is 1. The summed E-state index contributed by atoms with van der Waals surface area (Å²) in [7, 11) is 0. The Hall–Kier alpha value is -3.68. The molecule has 40 heavy (non-hydrogen) atoms. The minimum absolute atomic E-state index is 0.00189. The van der Waals surface area contributed by atoms with Gasteiger partial charge in [0, 0.05) is 25.2 Å². The molecule has 0 radical (unpaired) electrons. The molecule has 3 saturated heterocycles. The number of imide groups is 2. The van der Waals surface area contributed by atoms with E-state index in [4.69, 9.17) is 4.74 Å². The van der Waals surface area contributed by atoms with Crippen LogP contribution in [0.3, 0.4) is 0 Å². The Morgan fingerprint density at radius 3 is 1.98 bits per heavy atom. The third-order valence-corrected chi connectivity index (χ3v) is 7.82. The normalized spacial score (nSPS) is 23.6. The average Bonchev–Trinajstić information content (AvgIpc) is 3.26. The zero-order valence-corrected chi connectivity index (χ0v) is 21.5. The van der Waals surface area contributed by atoms with Gasteiger partial charge in [0.05, 0.1) is 6.61 Å². The molecule has 3 N–H and O–H groups in total. The van der Waals surface area contributed by atoms with Crippen LogP contribution in [0.4, 0.5) is 18.0 Å². The van der Waals surface area contributed by atoms with Gasteiger partial charge < -0.3 is 14.6 Å². The van der Waals surface area contributed by atoms with E-state index >= 15 is 0 Å². The number of amides is 4. The van der Waals surface area contributed by atoms with Crippen molar-refractivity contribution in [1.29, 1.82) is 0 Å². The van der Waals surface area contributed by atoms with Gasteiger partial charge in [-0.2, -0.15) is 0 Å². The molecule has 3 aliphatic rings. The number of halogens is 3. The van der Waals surface area contributed by atoms with E-state index in [0.29, 0.717) is 37.4 Å². The van der Waals surface area contributed by atoms with Crippen LogP contribution < -0.4 is 20.1 Å². The summed E-state index contributed by atoms with van der Waals surface area (Å²) in [4.78, 5) is 43.1. The van der Waals surface area contributed by atoms with Crippen molar-refractivity contribution in [2.45, 2.75) is 43.1 Å². The van der Waals surface area contributed by atoms with Crippen LogP contribution in [0.1, 0.15) is 31.2 Å². The molecule has 0 aromatic heterocycles. The summed E-state index contributed by atoms with van der Waals surface area (Å²) >= 11 is 0. The number of ether oxygens (including phenoxy) is 2. The van der Waals surface area contributed by atoms with E-state index in [1.807, 2.05) is 4.90 Å². The average molecular weight is 563 g/mol. The fraction of sp³-hybridized carbons (Fsp3) is 0.444. The molecule has 1 atom stereocenters. The fourth-order valence-electron chi connectivity index (χ4n) is 6.19. The summed E-state index contributed by atoms with van der Waals surface area (Å²) in [5.41, 5.74) is -1.79. The summed E-state index contributed by atoms with van der Waals surface area (Å²) in [6.45, 7) is 2.14.